The predicted molar refractivity (Wildman–Crippen MR) is 100 cm³/mol. The number of aliphatic hydroxyl groups is 1. The lowest BCUT2D eigenvalue weighted by Gasteiger charge is -2.19. The predicted octanol–water partition coefficient (Wildman–Crippen LogP) is 3.37. The Kier molecular flexibility index (Phi) is 7.53. The van der Waals surface area contributed by atoms with Crippen LogP contribution in [0, 0.1) is 11.6 Å². The van der Waals surface area contributed by atoms with Gasteiger partial charge in [0, 0.05) is 29.7 Å². The van der Waals surface area contributed by atoms with Crippen molar-refractivity contribution in [1.82, 2.24) is 5.32 Å². The second kappa shape index (κ2) is 9.64. The van der Waals surface area contributed by atoms with Crippen LogP contribution in [0.25, 0.3) is 0 Å². The highest BCUT2D eigenvalue weighted by atomic mass is 35.5. The van der Waals surface area contributed by atoms with Gasteiger partial charge in [-0.15, -0.1) is 0 Å². The molecule has 2 aromatic carbocycles. The topological polar surface area (TPSA) is 81.6 Å². The molecule has 0 radical (unpaired) electrons. The first kappa shape index (κ1) is 21.1. The number of aliphatic carboxylic acids is 1. The van der Waals surface area contributed by atoms with Crippen molar-refractivity contribution in [1.29, 1.82) is 0 Å². The van der Waals surface area contributed by atoms with Gasteiger partial charge in [0.05, 0.1) is 18.2 Å². The normalized spacial score (nSPS) is 13.2. The van der Waals surface area contributed by atoms with Crippen LogP contribution < -0.4 is 10.6 Å². The SMILES string of the molecule is C[C@H](CNc1ccc(CC(=O)O)c(F)c1F)NC[C@H](O)c1cccc(Cl)c1. The van der Waals surface area contributed by atoms with E-state index in [0.717, 1.165) is 0 Å². The zero-order valence-electron chi connectivity index (χ0n) is 14.7. The zero-order valence-corrected chi connectivity index (χ0v) is 15.4. The van der Waals surface area contributed by atoms with Gasteiger partial charge in [-0.25, -0.2) is 8.78 Å². The second-order valence-electron chi connectivity index (χ2n) is 6.23. The molecule has 2 rings (SSSR count). The van der Waals surface area contributed by atoms with Crippen LogP contribution in [0.3, 0.4) is 0 Å². The fraction of sp³-hybridized carbons (Fsp3) is 0.316. The Morgan fingerprint density at radius 1 is 1.19 bits per heavy atom. The van der Waals surface area contributed by atoms with Gasteiger partial charge >= 0.3 is 5.97 Å². The third-order valence-electron chi connectivity index (χ3n) is 4.00. The van der Waals surface area contributed by atoms with Crippen LogP contribution in [0.4, 0.5) is 14.5 Å². The number of hydrogen-bond acceptors (Lipinski definition) is 4. The van der Waals surface area contributed by atoms with Gasteiger partial charge in [-0.05, 0) is 30.7 Å². The Balaban J connectivity index is 1.87. The molecule has 0 saturated heterocycles. The number of benzene rings is 2. The molecule has 0 fully saturated rings. The van der Waals surface area contributed by atoms with Crippen molar-refractivity contribution in [3.8, 4) is 0 Å². The molecular formula is C19H21ClF2N2O3. The molecular weight excluding hydrogens is 378 g/mol. The van der Waals surface area contributed by atoms with Gasteiger partial charge in [0.15, 0.2) is 11.6 Å². The third-order valence-corrected chi connectivity index (χ3v) is 4.23. The van der Waals surface area contributed by atoms with Gasteiger partial charge in [0.25, 0.3) is 0 Å². The molecule has 0 unspecified atom stereocenters. The molecule has 5 nitrogen and oxygen atoms in total. The minimum absolute atomic E-state index is 0.0503. The number of halogens is 3. The van der Waals surface area contributed by atoms with Crippen molar-refractivity contribution in [2.45, 2.75) is 25.5 Å². The van der Waals surface area contributed by atoms with Crippen LogP contribution in [0.1, 0.15) is 24.2 Å². The largest absolute Gasteiger partial charge is 0.481 e. The van der Waals surface area contributed by atoms with Crippen LogP contribution in [0.5, 0.6) is 0 Å². The number of aliphatic hydroxyl groups excluding tert-OH is 1. The maximum atomic E-state index is 14.0. The quantitative estimate of drug-likeness (QED) is 0.520. The molecule has 0 saturated carbocycles. The van der Waals surface area contributed by atoms with Crippen LogP contribution in [0.2, 0.25) is 5.02 Å². The van der Waals surface area contributed by atoms with Gasteiger partial charge in [-0.2, -0.15) is 0 Å². The van der Waals surface area contributed by atoms with E-state index in [1.807, 2.05) is 6.92 Å². The monoisotopic (exact) mass is 398 g/mol. The highest BCUT2D eigenvalue weighted by Gasteiger charge is 2.16. The summed E-state index contributed by atoms with van der Waals surface area (Å²) in [5.74, 6) is -3.51. The van der Waals surface area contributed by atoms with Gasteiger partial charge in [-0.3, -0.25) is 4.79 Å². The van der Waals surface area contributed by atoms with Crippen molar-refractivity contribution < 1.29 is 23.8 Å². The second-order valence-corrected chi connectivity index (χ2v) is 6.67. The molecule has 146 valence electrons. The Labute approximate surface area is 161 Å². The third kappa shape index (κ3) is 6.16. The summed E-state index contributed by atoms with van der Waals surface area (Å²) in [4.78, 5) is 10.6. The van der Waals surface area contributed by atoms with Gasteiger partial charge in [-0.1, -0.05) is 29.8 Å². The molecule has 2 aromatic rings. The van der Waals surface area contributed by atoms with Gasteiger partial charge in [0.1, 0.15) is 0 Å². The molecule has 0 aliphatic heterocycles. The molecule has 27 heavy (non-hydrogen) atoms. The fourth-order valence-electron chi connectivity index (χ4n) is 2.51. The summed E-state index contributed by atoms with van der Waals surface area (Å²) in [5, 5.41) is 25.3. The van der Waals surface area contributed by atoms with E-state index < -0.39 is 30.1 Å². The molecule has 0 aromatic heterocycles. The first-order valence-electron chi connectivity index (χ1n) is 8.37. The van der Waals surface area contributed by atoms with Crippen molar-refractivity contribution in [3.63, 3.8) is 0 Å². The van der Waals surface area contributed by atoms with Crippen molar-refractivity contribution in [3.05, 3.63) is 64.2 Å². The van der Waals surface area contributed by atoms with E-state index in [1.54, 1.807) is 24.3 Å². The van der Waals surface area contributed by atoms with Crippen LogP contribution in [-0.2, 0) is 11.2 Å². The molecule has 2 atom stereocenters. The summed E-state index contributed by atoms with van der Waals surface area (Å²) >= 11 is 5.90. The average molecular weight is 399 g/mol. The number of hydrogen-bond donors (Lipinski definition) is 4. The number of anilines is 1. The number of carboxylic acid groups (broad SMARTS) is 1. The summed E-state index contributed by atoms with van der Waals surface area (Å²) < 4.78 is 27.9. The lowest BCUT2D eigenvalue weighted by atomic mass is 10.1. The molecule has 0 aliphatic rings. The Morgan fingerprint density at radius 2 is 1.93 bits per heavy atom. The summed E-state index contributed by atoms with van der Waals surface area (Å²) in [6.07, 6.45) is -1.34. The first-order chi connectivity index (χ1) is 12.8. The highest BCUT2D eigenvalue weighted by molar-refractivity contribution is 6.30. The first-order valence-corrected chi connectivity index (χ1v) is 8.75. The molecule has 0 amide bonds. The Hall–Kier alpha value is -2.22. The van der Waals surface area contributed by atoms with Crippen LogP contribution in [-0.4, -0.2) is 35.3 Å². The number of carboxylic acids is 1. The summed E-state index contributed by atoms with van der Waals surface area (Å²) in [6, 6.07) is 9.30. The molecule has 0 spiro atoms. The lowest BCUT2D eigenvalue weighted by Crippen LogP contribution is -2.35. The maximum absolute atomic E-state index is 14.0. The standard InChI is InChI=1S/C19H21ClF2N2O3/c1-11(23-10-16(25)12-3-2-4-14(20)7-12)9-24-15-6-5-13(8-17(26)27)18(21)19(15)22/h2-7,11,16,23-25H,8-10H2,1H3,(H,26,27)/t11-,16+/m1/s1. The summed E-state index contributed by atoms with van der Waals surface area (Å²) in [6.45, 7) is 2.36. The average Bonchev–Trinajstić information content (AvgIpc) is 2.62. The summed E-state index contributed by atoms with van der Waals surface area (Å²) in [7, 11) is 0. The molecule has 0 heterocycles. The molecule has 8 heteroatoms. The molecule has 4 N–H and O–H groups in total. The van der Waals surface area contributed by atoms with E-state index in [-0.39, 0.29) is 30.4 Å². The summed E-state index contributed by atoms with van der Waals surface area (Å²) in [5.41, 5.74) is 0.421. The minimum Gasteiger partial charge on any atom is -0.481 e. The zero-order chi connectivity index (χ0) is 20.0. The Bertz CT molecular complexity index is 805. The van der Waals surface area contributed by atoms with E-state index in [4.69, 9.17) is 16.7 Å². The number of nitrogens with one attached hydrogen (secondary N) is 2. The minimum atomic E-state index is -1.23. The smallest absolute Gasteiger partial charge is 0.307 e. The highest BCUT2D eigenvalue weighted by Crippen LogP contribution is 2.21. The van der Waals surface area contributed by atoms with E-state index >= 15 is 0 Å². The number of carbonyl (C=O) groups is 1. The van der Waals surface area contributed by atoms with Crippen molar-refractivity contribution in [2.24, 2.45) is 0 Å². The van der Waals surface area contributed by atoms with Crippen LogP contribution >= 0.6 is 11.6 Å². The number of rotatable bonds is 9. The van der Waals surface area contributed by atoms with Gasteiger partial charge in [0.2, 0.25) is 0 Å². The molecule has 0 bridgehead atoms. The maximum Gasteiger partial charge on any atom is 0.307 e. The Morgan fingerprint density at radius 3 is 2.59 bits per heavy atom. The van der Waals surface area contributed by atoms with E-state index in [0.29, 0.717) is 10.6 Å². The van der Waals surface area contributed by atoms with Crippen molar-refractivity contribution >= 4 is 23.3 Å². The fourth-order valence-corrected chi connectivity index (χ4v) is 2.70. The molecule has 0 aliphatic carbocycles. The van der Waals surface area contributed by atoms with E-state index in [9.17, 15) is 18.7 Å². The van der Waals surface area contributed by atoms with Gasteiger partial charge < -0.3 is 20.8 Å². The van der Waals surface area contributed by atoms with Crippen molar-refractivity contribution in [2.75, 3.05) is 18.4 Å². The van der Waals surface area contributed by atoms with E-state index in [1.165, 1.54) is 12.1 Å². The van der Waals surface area contributed by atoms with E-state index in [2.05, 4.69) is 10.6 Å². The lowest BCUT2D eigenvalue weighted by molar-refractivity contribution is -0.136. The van der Waals surface area contributed by atoms with Crippen LogP contribution in [0.15, 0.2) is 36.4 Å².